The van der Waals surface area contributed by atoms with E-state index in [0.29, 0.717) is 12.6 Å². The van der Waals surface area contributed by atoms with E-state index in [0.717, 1.165) is 18.6 Å². The van der Waals surface area contributed by atoms with Gasteiger partial charge in [-0.05, 0) is 38.3 Å². The SMILES string of the molecule is CC1=CCC2C(=C1C)OCCC2Nc1nc(N)nc(C(C)F)n1. The van der Waals surface area contributed by atoms with Gasteiger partial charge in [0.2, 0.25) is 11.9 Å². The molecule has 0 radical (unpaired) electrons. The lowest BCUT2D eigenvalue weighted by Gasteiger charge is -2.37. The summed E-state index contributed by atoms with van der Waals surface area (Å²) in [6, 6.07) is 0.127. The van der Waals surface area contributed by atoms with Crippen molar-refractivity contribution >= 4 is 11.9 Å². The monoisotopic (exact) mass is 319 g/mol. The van der Waals surface area contributed by atoms with Crippen LogP contribution in [-0.2, 0) is 4.74 Å². The van der Waals surface area contributed by atoms with Crippen LogP contribution in [-0.4, -0.2) is 27.6 Å². The van der Waals surface area contributed by atoms with E-state index in [-0.39, 0.29) is 23.7 Å². The first-order chi connectivity index (χ1) is 11.0. The lowest BCUT2D eigenvalue weighted by atomic mass is 9.82. The van der Waals surface area contributed by atoms with E-state index in [9.17, 15) is 4.39 Å². The van der Waals surface area contributed by atoms with E-state index in [1.807, 2.05) is 0 Å². The molecule has 3 atom stereocenters. The lowest BCUT2D eigenvalue weighted by molar-refractivity contribution is 0.114. The summed E-state index contributed by atoms with van der Waals surface area (Å²) in [5.41, 5.74) is 8.12. The van der Waals surface area contributed by atoms with Crippen molar-refractivity contribution in [2.45, 2.75) is 45.8 Å². The molecule has 124 valence electrons. The van der Waals surface area contributed by atoms with Gasteiger partial charge in [-0.15, -0.1) is 0 Å². The van der Waals surface area contributed by atoms with E-state index in [4.69, 9.17) is 10.5 Å². The molecule has 6 nitrogen and oxygen atoms in total. The third-order valence-electron chi connectivity index (χ3n) is 4.49. The molecule has 0 bridgehead atoms. The lowest BCUT2D eigenvalue weighted by Crippen LogP contribution is -2.38. The van der Waals surface area contributed by atoms with Crippen molar-refractivity contribution in [2.75, 3.05) is 17.7 Å². The number of nitrogens with one attached hydrogen (secondary N) is 1. The Hall–Kier alpha value is -2.18. The first kappa shape index (κ1) is 15.7. The predicted molar refractivity (Wildman–Crippen MR) is 86.3 cm³/mol. The summed E-state index contributed by atoms with van der Waals surface area (Å²) in [6.45, 7) is 6.20. The van der Waals surface area contributed by atoms with E-state index in [1.54, 1.807) is 0 Å². The van der Waals surface area contributed by atoms with Gasteiger partial charge in [0.05, 0.1) is 6.61 Å². The zero-order chi connectivity index (χ0) is 16.6. The Morgan fingerprint density at radius 3 is 2.87 bits per heavy atom. The second-order valence-electron chi connectivity index (χ2n) is 6.10. The van der Waals surface area contributed by atoms with E-state index in [2.05, 4.69) is 40.2 Å². The van der Waals surface area contributed by atoms with Crippen LogP contribution >= 0.6 is 0 Å². The van der Waals surface area contributed by atoms with Crippen LogP contribution < -0.4 is 11.1 Å². The van der Waals surface area contributed by atoms with Crippen molar-refractivity contribution in [3.63, 3.8) is 0 Å². The van der Waals surface area contributed by atoms with Gasteiger partial charge in [-0.25, -0.2) is 4.39 Å². The average Bonchev–Trinajstić information content (AvgIpc) is 2.51. The van der Waals surface area contributed by atoms with E-state index in [1.165, 1.54) is 18.1 Å². The summed E-state index contributed by atoms with van der Waals surface area (Å²) in [4.78, 5) is 12.1. The Morgan fingerprint density at radius 2 is 2.13 bits per heavy atom. The highest BCUT2D eigenvalue weighted by Crippen LogP contribution is 2.37. The number of alkyl halides is 1. The molecule has 1 aromatic rings. The minimum atomic E-state index is -1.28. The van der Waals surface area contributed by atoms with Crippen molar-refractivity contribution < 1.29 is 9.13 Å². The number of ether oxygens (including phenoxy) is 1. The largest absolute Gasteiger partial charge is 0.497 e. The molecule has 3 unspecified atom stereocenters. The molecule has 1 aliphatic heterocycles. The third kappa shape index (κ3) is 3.13. The van der Waals surface area contributed by atoms with Gasteiger partial charge < -0.3 is 15.8 Å². The molecule has 1 saturated heterocycles. The van der Waals surface area contributed by atoms with Crippen molar-refractivity contribution in [1.82, 2.24) is 15.0 Å². The number of aromatic nitrogens is 3. The summed E-state index contributed by atoms with van der Waals surface area (Å²) < 4.78 is 19.3. The molecule has 3 N–H and O–H groups in total. The van der Waals surface area contributed by atoms with Gasteiger partial charge in [-0.2, -0.15) is 15.0 Å². The van der Waals surface area contributed by atoms with Gasteiger partial charge >= 0.3 is 0 Å². The number of rotatable bonds is 3. The van der Waals surface area contributed by atoms with Crippen molar-refractivity contribution in [2.24, 2.45) is 5.92 Å². The molecule has 2 aliphatic rings. The second-order valence-corrected chi connectivity index (χ2v) is 6.10. The number of halogens is 1. The van der Waals surface area contributed by atoms with Crippen LogP contribution in [0.1, 0.15) is 45.6 Å². The molecule has 0 amide bonds. The Labute approximate surface area is 135 Å². The van der Waals surface area contributed by atoms with Gasteiger partial charge in [0.15, 0.2) is 12.0 Å². The van der Waals surface area contributed by atoms with Gasteiger partial charge in [-0.3, -0.25) is 0 Å². The normalized spacial score (nSPS) is 25.3. The summed E-state index contributed by atoms with van der Waals surface area (Å²) in [6.07, 6.45) is 2.68. The fraction of sp³-hybridized carbons (Fsp3) is 0.562. The van der Waals surface area contributed by atoms with Crippen LogP contribution in [0.4, 0.5) is 16.3 Å². The average molecular weight is 319 g/mol. The van der Waals surface area contributed by atoms with Crippen LogP contribution in [0.15, 0.2) is 23.0 Å². The fourth-order valence-corrected chi connectivity index (χ4v) is 3.09. The highest BCUT2D eigenvalue weighted by Gasteiger charge is 2.34. The van der Waals surface area contributed by atoms with Crippen LogP contribution in [0.25, 0.3) is 0 Å². The fourth-order valence-electron chi connectivity index (χ4n) is 3.09. The molecular weight excluding hydrogens is 297 g/mol. The van der Waals surface area contributed by atoms with Crippen LogP contribution in [0.5, 0.6) is 0 Å². The van der Waals surface area contributed by atoms with Gasteiger partial charge in [0, 0.05) is 18.4 Å². The topological polar surface area (TPSA) is 86.0 Å². The van der Waals surface area contributed by atoms with Crippen molar-refractivity contribution in [3.8, 4) is 0 Å². The Bertz CT molecular complexity index is 670. The smallest absolute Gasteiger partial charge is 0.228 e. The zero-order valence-corrected chi connectivity index (χ0v) is 13.6. The first-order valence-corrected chi connectivity index (χ1v) is 7.88. The molecule has 1 aliphatic carbocycles. The van der Waals surface area contributed by atoms with Crippen LogP contribution in [0.2, 0.25) is 0 Å². The molecule has 1 aromatic heterocycles. The molecule has 7 heteroatoms. The van der Waals surface area contributed by atoms with Crippen molar-refractivity contribution in [1.29, 1.82) is 0 Å². The number of anilines is 2. The van der Waals surface area contributed by atoms with Gasteiger partial charge in [0.1, 0.15) is 5.76 Å². The van der Waals surface area contributed by atoms with Crippen LogP contribution in [0.3, 0.4) is 0 Å². The van der Waals surface area contributed by atoms with Gasteiger partial charge in [-0.1, -0.05) is 6.08 Å². The Kier molecular flexibility index (Phi) is 4.19. The molecular formula is C16H22FN5O. The number of nitrogens with two attached hydrogens (primary N) is 1. The maximum absolute atomic E-state index is 13.5. The molecule has 1 fully saturated rings. The first-order valence-electron chi connectivity index (χ1n) is 7.88. The highest BCUT2D eigenvalue weighted by atomic mass is 19.1. The molecule has 0 spiro atoms. The summed E-state index contributed by atoms with van der Waals surface area (Å²) >= 11 is 0. The molecule has 23 heavy (non-hydrogen) atoms. The quantitative estimate of drug-likeness (QED) is 0.891. The standard InChI is InChI=1S/C16H22FN5O/c1-8-4-5-11-12(6-7-23-13(11)9(8)2)19-16-21-14(10(3)17)20-15(18)22-16/h4,10-12H,5-7H2,1-3H3,(H3,18,19,20,21,22). The van der Waals surface area contributed by atoms with E-state index >= 15 is 0 Å². The maximum atomic E-state index is 13.5. The van der Waals surface area contributed by atoms with E-state index < -0.39 is 6.17 Å². The maximum Gasteiger partial charge on any atom is 0.228 e. The number of hydrogen-bond acceptors (Lipinski definition) is 6. The molecule has 0 saturated carbocycles. The van der Waals surface area contributed by atoms with Crippen molar-refractivity contribution in [3.05, 3.63) is 28.8 Å². The molecule has 0 aromatic carbocycles. The molecule has 3 rings (SSSR count). The minimum Gasteiger partial charge on any atom is -0.497 e. The summed E-state index contributed by atoms with van der Waals surface area (Å²) in [5, 5.41) is 3.30. The minimum absolute atomic E-state index is 0.0281. The third-order valence-corrected chi connectivity index (χ3v) is 4.49. The summed E-state index contributed by atoms with van der Waals surface area (Å²) in [7, 11) is 0. The Balaban J connectivity index is 1.83. The van der Waals surface area contributed by atoms with Gasteiger partial charge in [0.25, 0.3) is 0 Å². The highest BCUT2D eigenvalue weighted by molar-refractivity contribution is 5.39. The number of nitrogens with zero attached hydrogens (tertiary/aromatic N) is 3. The van der Waals surface area contributed by atoms with Crippen LogP contribution in [0, 0.1) is 5.92 Å². The number of allylic oxidation sites excluding steroid dienone is 3. The zero-order valence-electron chi connectivity index (χ0n) is 13.6. The second kappa shape index (κ2) is 6.14. The number of hydrogen-bond donors (Lipinski definition) is 2. The summed E-state index contributed by atoms with van der Waals surface area (Å²) in [5.74, 6) is 1.68. The number of nitrogen functional groups attached to an aromatic ring is 1. The predicted octanol–water partition coefficient (Wildman–Crippen LogP) is 2.93. The number of fused-ring (bicyclic) bond motifs is 1. The molecule has 2 heterocycles. The Morgan fingerprint density at radius 1 is 1.35 bits per heavy atom.